The molecule has 6 nitrogen and oxygen atoms in total. The molecule has 0 aliphatic carbocycles. The minimum Gasteiger partial charge on any atom is -0.462 e. The summed E-state index contributed by atoms with van der Waals surface area (Å²) in [6, 6.07) is 0. The first-order valence-electron chi connectivity index (χ1n) is 33.7. The summed E-state index contributed by atoms with van der Waals surface area (Å²) in [5.41, 5.74) is 0. The van der Waals surface area contributed by atoms with Crippen molar-refractivity contribution in [3.63, 3.8) is 0 Å². The van der Waals surface area contributed by atoms with Crippen LogP contribution >= 0.6 is 0 Å². The number of carbonyl (C=O) groups is 3. The number of unbranched alkanes of at least 4 members (excludes halogenated alkanes) is 34. The topological polar surface area (TPSA) is 78.9 Å². The van der Waals surface area contributed by atoms with Crippen LogP contribution in [-0.2, 0) is 28.6 Å². The van der Waals surface area contributed by atoms with Gasteiger partial charge in [0.1, 0.15) is 13.2 Å². The van der Waals surface area contributed by atoms with E-state index >= 15 is 0 Å². The molecule has 79 heavy (non-hydrogen) atoms. The molecule has 0 spiro atoms. The molecule has 0 saturated carbocycles. The molecular formula is C73H126O6. The second kappa shape index (κ2) is 66.8. The molecular weight excluding hydrogens is 973 g/mol. The Bertz CT molecular complexity index is 1540. The van der Waals surface area contributed by atoms with E-state index in [0.717, 1.165) is 122 Å². The summed E-state index contributed by atoms with van der Waals surface area (Å²) in [5.74, 6) is -0.884. The van der Waals surface area contributed by atoms with Crippen molar-refractivity contribution in [3.05, 3.63) is 97.2 Å². The van der Waals surface area contributed by atoms with E-state index in [1.165, 1.54) is 167 Å². The van der Waals surface area contributed by atoms with E-state index in [9.17, 15) is 14.4 Å². The zero-order valence-electron chi connectivity index (χ0n) is 52.1. The van der Waals surface area contributed by atoms with Crippen molar-refractivity contribution in [3.8, 4) is 0 Å². The highest BCUT2D eigenvalue weighted by Gasteiger charge is 2.19. The molecule has 0 aliphatic heterocycles. The number of hydrogen-bond acceptors (Lipinski definition) is 6. The van der Waals surface area contributed by atoms with E-state index in [0.29, 0.717) is 19.3 Å². The number of rotatable bonds is 61. The van der Waals surface area contributed by atoms with Gasteiger partial charge in [-0.05, 0) is 96.3 Å². The standard InChI is InChI=1S/C73H126O6/c1-4-7-10-13-16-19-22-25-28-31-34-35-36-37-40-42-45-48-51-54-57-60-63-66-72(75)78-69-70(79-73(76)67-64-61-58-55-52-49-46-43-39-33-30-27-24-21-18-15-12-9-6-3)68-77-71(74)65-62-59-56-53-50-47-44-41-38-32-29-26-23-20-17-14-11-8-5-2/h7,9-10,12,16,18-19,21,25,27-28,30,34-35,39,43,70H,4-6,8,11,13-15,17,20,22-24,26,29,31-33,36-38,40-42,44-69H2,1-3H3/b10-7-,12-9-,19-16-,21-18-,28-25-,30-27-,35-34-,43-39-. The van der Waals surface area contributed by atoms with Gasteiger partial charge in [0.25, 0.3) is 0 Å². The Morgan fingerprint density at radius 2 is 0.494 bits per heavy atom. The monoisotopic (exact) mass is 1100 g/mol. The number of esters is 3. The Morgan fingerprint density at radius 3 is 0.772 bits per heavy atom. The van der Waals surface area contributed by atoms with Crippen LogP contribution in [-0.4, -0.2) is 37.2 Å². The number of allylic oxidation sites excluding steroid dienone is 16. The Balaban J connectivity index is 4.38. The maximum Gasteiger partial charge on any atom is 0.306 e. The molecule has 0 bridgehead atoms. The second-order valence-electron chi connectivity index (χ2n) is 22.3. The predicted molar refractivity (Wildman–Crippen MR) is 344 cm³/mol. The van der Waals surface area contributed by atoms with Crippen molar-refractivity contribution in [2.45, 2.75) is 335 Å². The quantitative estimate of drug-likeness (QED) is 0.0261. The number of carbonyl (C=O) groups excluding carboxylic acids is 3. The molecule has 0 aromatic heterocycles. The van der Waals surface area contributed by atoms with Crippen molar-refractivity contribution in [2.75, 3.05) is 13.2 Å². The van der Waals surface area contributed by atoms with Gasteiger partial charge in [-0.15, -0.1) is 0 Å². The molecule has 0 aliphatic rings. The van der Waals surface area contributed by atoms with Crippen LogP contribution in [0.1, 0.15) is 329 Å². The van der Waals surface area contributed by atoms with Crippen molar-refractivity contribution in [2.24, 2.45) is 0 Å². The summed E-state index contributed by atoms with van der Waals surface area (Å²) in [5, 5.41) is 0. The lowest BCUT2D eigenvalue weighted by atomic mass is 10.0. The third kappa shape index (κ3) is 65.0. The van der Waals surface area contributed by atoms with E-state index in [2.05, 4.69) is 118 Å². The SMILES string of the molecule is CC/C=C\C/C=C\C/C=C\C/C=C\CCCCCCCCCCCCC(=O)OCC(COC(=O)CCCCCCCCCCCCCCCCCCCCC)OC(=O)CCCCCCCC/C=C\C/C=C\C/C=C\C/C=C\CC. The molecule has 0 aromatic rings. The van der Waals surface area contributed by atoms with Crippen LogP contribution in [0.4, 0.5) is 0 Å². The highest BCUT2D eigenvalue weighted by atomic mass is 16.6. The van der Waals surface area contributed by atoms with Gasteiger partial charge in [-0.2, -0.15) is 0 Å². The normalized spacial score (nSPS) is 12.7. The fourth-order valence-corrected chi connectivity index (χ4v) is 9.60. The van der Waals surface area contributed by atoms with Crippen molar-refractivity contribution in [1.29, 1.82) is 0 Å². The zero-order chi connectivity index (χ0) is 57.1. The minimum absolute atomic E-state index is 0.0818. The molecule has 0 saturated heterocycles. The lowest BCUT2D eigenvalue weighted by molar-refractivity contribution is -0.167. The Kier molecular flexibility index (Phi) is 63.7. The predicted octanol–water partition coefficient (Wildman–Crippen LogP) is 23.2. The molecule has 0 aromatic carbocycles. The van der Waals surface area contributed by atoms with Crippen LogP contribution in [0.3, 0.4) is 0 Å². The van der Waals surface area contributed by atoms with Gasteiger partial charge < -0.3 is 14.2 Å². The molecule has 6 heteroatoms. The van der Waals surface area contributed by atoms with E-state index < -0.39 is 6.10 Å². The molecule has 0 rings (SSSR count). The lowest BCUT2D eigenvalue weighted by Crippen LogP contribution is -2.30. The number of ether oxygens (including phenoxy) is 3. The summed E-state index contributed by atoms with van der Waals surface area (Å²) >= 11 is 0. The van der Waals surface area contributed by atoms with Crippen LogP contribution in [0.25, 0.3) is 0 Å². The maximum absolute atomic E-state index is 12.9. The molecule has 0 fully saturated rings. The van der Waals surface area contributed by atoms with Crippen molar-refractivity contribution < 1.29 is 28.6 Å². The largest absolute Gasteiger partial charge is 0.462 e. The molecule has 454 valence electrons. The van der Waals surface area contributed by atoms with Crippen LogP contribution in [0.5, 0.6) is 0 Å². The third-order valence-corrected chi connectivity index (χ3v) is 14.6. The Morgan fingerprint density at radius 1 is 0.266 bits per heavy atom. The number of hydrogen-bond donors (Lipinski definition) is 0. The van der Waals surface area contributed by atoms with Crippen molar-refractivity contribution >= 4 is 17.9 Å². The van der Waals surface area contributed by atoms with Gasteiger partial charge in [-0.1, -0.05) is 311 Å². The van der Waals surface area contributed by atoms with E-state index in [1.54, 1.807) is 0 Å². The third-order valence-electron chi connectivity index (χ3n) is 14.6. The van der Waals surface area contributed by atoms with Gasteiger partial charge in [-0.3, -0.25) is 14.4 Å². The van der Waals surface area contributed by atoms with E-state index in [1.807, 2.05) is 0 Å². The maximum atomic E-state index is 12.9. The second-order valence-corrected chi connectivity index (χ2v) is 22.3. The van der Waals surface area contributed by atoms with Gasteiger partial charge in [0.05, 0.1) is 0 Å². The first kappa shape index (κ1) is 75.3. The molecule has 0 amide bonds. The summed E-state index contributed by atoms with van der Waals surface area (Å²) in [6.45, 7) is 6.45. The van der Waals surface area contributed by atoms with Gasteiger partial charge in [0.15, 0.2) is 6.10 Å². The Labute approximate surface area is 489 Å². The first-order valence-corrected chi connectivity index (χ1v) is 33.7. The van der Waals surface area contributed by atoms with Crippen LogP contribution in [0.2, 0.25) is 0 Å². The summed E-state index contributed by atoms with van der Waals surface area (Å²) in [7, 11) is 0. The van der Waals surface area contributed by atoms with Crippen LogP contribution in [0, 0.1) is 0 Å². The van der Waals surface area contributed by atoms with Gasteiger partial charge in [-0.25, -0.2) is 0 Å². The fraction of sp³-hybridized carbons (Fsp3) is 0.740. The summed E-state index contributed by atoms with van der Waals surface area (Å²) < 4.78 is 17.0. The highest BCUT2D eigenvalue weighted by Crippen LogP contribution is 2.17. The summed E-state index contributed by atoms with van der Waals surface area (Å²) in [4.78, 5) is 38.4. The molecule has 1 unspecified atom stereocenters. The smallest absolute Gasteiger partial charge is 0.306 e. The molecule has 0 heterocycles. The minimum atomic E-state index is -0.788. The molecule has 0 radical (unpaired) electrons. The van der Waals surface area contributed by atoms with E-state index in [4.69, 9.17) is 14.2 Å². The van der Waals surface area contributed by atoms with Crippen molar-refractivity contribution in [1.82, 2.24) is 0 Å². The summed E-state index contributed by atoms with van der Waals surface area (Å²) in [6.07, 6.45) is 89.8. The molecule has 0 N–H and O–H groups in total. The fourth-order valence-electron chi connectivity index (χ4n) is 9.60. The van der Waals surface area contributed by atoms with Gasteiger partial charge in [0.2, 0.25) is 0 Å². The van der Waals surface area contributed by atoms with Crippen LogP contribution in [0.15, 0.2) is 97.2 Å². The lowest BCUT2D eigenvalue weighted by Gasteiger charge is -2.18. The average Bonchev–Trinajstić information content (AvgIpc) is 3.45. The average molecular weight is 1100 g/mol. The van der Waals surface area contributed by atoms with Crippen LogP contribution < -0.4 is 0 Å². The Hall–Kier alpha value is -3.67. The van der Waals surface area contributed by atoms with Gasteiger partial charge >= 0.3 is 17.9 Å². The highest BCUT2D eigenvalue weighted by molar-refractivity contribution is 5.71. The molecule has 1 atom stereocenters. The first-order chi connectivity index (χ1) is 39.0. The zero-order valence-corrected chi connectivity index (χ0v) is 52.1. The van der Waals surface area contributed by atoms with Gasteiger partial charge in [0, 0.05) is 19.3 Å². The van der Waals surface area contributed by atoms with E-state index in [-0.39, 0.29) is 31.1 Å².